The number of carbonyl (C=O) groups is 2. The molecule has 2 aromatic carbocycles. The van der Waals surface area contributed by atoms with Crippen LogP contribution < -0.4 is 5.32 Å². The van der Waals surface area contributed by atoms with E-state index in [1.54, 1.807) is 12.1 Å². The van der Waals surface area contributed by atoms with Crippen molar-refractivity contribution >= 4 is 22.9 Å². The molecule has 1 saturated heterocycles. The highest BCUT2D eigenvalue weighted by Crippen LogP contribution is 2.31. The SMILES string of the molecule is COC(=O)[C@H]1NC(=O)CN([S@@](=O)c2ccc(C)cc2)[C@@H]1c1ccc(F)cc1. The standard InChI is InChI=1S/C19H19FN2O4S/c1-12-3-9-15(10-4-12)27(25)22-11-16(23)21-17(19(24)26-2)18(22)13-5-7-14(20)8-6-13/h3-10,17-18H,11H2,1-2H3,(H,21,23)/t17-,18+,27-/m0/s1. The first-order chi connectivity index (χ1) is 12.9. The van der Waals surface area contributed by atoms with Crippen molar-refractivity contribution in [1.82, 2.24) is 9.62 Å². The Bertz CT molecular complexity index is 870. The Labute approximate surface area is 158 Å². The van der Waals surface area contributed by atoms with Crippen LogP contribution in [0.4, 0.5) is 4.39 Å². The molecule has 3 rings (SSSR count). The molecular weight excluding hydrogens is 371 g/mol. The maximum absolute atomic E-state index is 13.4. The molecule has 1 N–H and O–H groups in total. The van der Waals surface area contributed by atoms with Crippen molar-refractivity contribution in [3.63, 3.8) is 0 Å². The highest BCUT2D eigenvalue weighted by atomic mass is 32.2. The van der Waals surface area contributed by atoms with Gasteiger partial charge in [-0.3, -0.25) is 4.79 Å². The van der Waals surface area contributed by atoms with Crippen LogP contribution in [-0.2, 0) is 25.3 Å². The molecule has 3 atom stereocenters. The minimum atomic E-state index is -1.70. The normalized spacial score (nSPS) is 21.4. The van der Waals surface area contributed by atoms with Gasteiger partial charge in [0, 0.05) is 0 Å². The average Bonchev–Trinajstić information content (AvgIpc) is 2.67. The first-order valence-electron chi connectivity index (χ1n) is 8.28. The molecule has 1 aliphatic heterocycles. The number of carbonyl (C=O) groups excluding carboxylic acids is 2. The minimum absolute atomic E-state index is 0.171. The van der Waals surface area contributed by atoms with Crippen LogP contribution in [-0.4, -0.2) is 40.1 Å². The molecule has 6 nitrogen and oxygen atoms in total. The number of halogens is 1. The Morgan fingerprint density at radius 2 is 1.81 bits per heavy atom. The van der Waals surface area contributed by atoms with Gasteiger partial charge in [-0.05, 0) is 36.8 Å². The molecule has 1 fully saturated rings. The predicted octanol–water partition coefficient (Wildman–Crippen LogP) is 1.87. The van der Waals surface area contributed by atoms with E-state index in [1.165, 1.54) is 35.7 Å². The molecule has 0 saturated carbocycles. The Balaban J connectivity index is 2.05. The number of rotatable bonds is 4. The van der Waals surface area contributed by atoms with E-state index in [-0.39, 0.29) is 6.54 Å². The first-order valence-corrected chi connectivity index (χ1v) is 9.39. The maximum Gasteiger partial charge on any atom is 0.330 e. The summed E-state index contributed by atoms with van der Waals surface area (Å²) in [4.78, 5) is 25.0. The van der Waals surface area contributed by atoms with E-state index in [1.807, 2.05) is 19.1 Å². The van der Waals surface area contributed by atoms with Crippen molar-refractivity contribution in [2.75, 3.05) is 13.7 Å². The number of hydrogen-bond acceptors (Lipinski definition) is 4. The third-order valence-electron chi connectivity index (χ3n) is 4.34. The fraction of sp³-hybridized carbons (Fsp3) is 0.263. The van der Waals surface area contributed by atoms with E-state index in [0.717, 1.165) is 5.56 Å². The van der Waals surface area contributed by atoms with Crippen LogP contribution in [0.3, 0.4) is 0 Å². The third kappa shape index (κ3) is 4.06. The summed E-state index contributed by atoms with van der Waals surface area (Å²) < 4.78 is 32.8. The van der Waals surface area contributed by atoms with Gasteiger partial charge in [0.2, 0.25) is 5.91 Å². The van der Waals surface area contributed by atoms with E-state index in [2.05, 4.69) is 5.32 Å². The monoisotopic (exact) mass is 390 g/mol. The number of piperazine rings is 1. The largest absolute Gasteiger partial charge is 0.467 e. The van der Waals surface area contributed by atoms with Crippen molar-refractivity contribution in [1.29, 1.82) is 0 Å². The second kappa shape index (κ2) is 7.98. The summed E-state index contributed by atoms with van der Waals surface area (Å²) in [7, 11) is -0.489. The van der Waals surface area contributed by atoms with Crippen molar-refractivity contribution in [3.05, 3.63) is 65.5 Å². The fourth-order valence-electron chi connectivity index (χ4n) is 2.99. The van der Waals surface area contributed by atoms with Gasteiger partial charge in [0.15, 0.2) is 0 Å². The summed E-state index contributed by atoms with van der Waals surface area (Å²) in [6.07, 6.45) is 0. The van der Waals surface area contributed by atoms with Crippen molar-refractivity contribution in [3.8, 4) is 0 Å². The van der Waals surface area contributed by atoms with E-state index in [9.17, 15) is 18.2 Å². The van der Waals surface area contributed by atoms with Gasteiger partial charge in [0.1, 0.15) is 22.8 Å². The van der Waals surface area contributed by atoms with E-state index < -0.39 is 40.8 Å². The molecule has 1 aliphatic rings. The summed E-state index contributed by atoms with van der Waals surface area (Å²) in [5, 5.41) is 2.59. The molecule has 27 heavy (non-hydrogen) atoms. The summed E-state index contributed by atoms with van der Waals surface area (Å²) in [5.41, 5.74) is 1.56. The molecule has 0 unspecified atom stereocenters. The van der Waals surface area contributed by atoms with Gasteiger partial charge in [-0.15, -0.1) is 0 Å². The average molecular weight is 390 g/mol. The van der Waals surface area contributed by atoms with Gasteiger partial charge >= 0.3 is 5.97 Å². The van der Waals surface area contributed by atoms with Crippen LogP contribution in [0.2, 0.25) is 0 Å². The van der Waals surface area contributed by atoms with Gasteiger partial charge in [-0.25, -0.2) is 17.7 Å². The quantitative estimate of drug-likeness (QED) is 0.809. The molecule has 1 amide bonds. The molecule has 1 heterocycles. The minimum Gasteiger partial charge on any atom is -0.467 e. The molecular formula is C19H19FN2O4S. The number of amides is 1. The Morgan fingerprint density at radius 3 is 2.41 bits per heavy atom. The molecule has 2 aromatic rings. The Kier molecular flexibility index (Phi) is 5.67. The zero-order valence-electron chi connectivity index (χ0n) is 14.8. The second-order valence-electron chi connectivity index (χ2n) is 6.20. The number of esters is 1. The van der Waals surface area contributed by atoms with Crippen LogP contribution in [0.25, 0.3) is 0 Å². The predicted molar refractivity (Wildman–Crippen MR) is 97.4 cm³/mol. The molecule has 142 valence electrons. The van der Waals surface area contributed by atoms with E-state index >= 15 is 0 Å². The van der Waals surface area contributed by atoms with Crippen LogP contribution in [0.1, 0.15) is 17.2 Å². The van der Waals surface area contributed by atoms with E-state index in [4.69, 9.17) is 4.74 Å². The van der Waals surface area contributed by atoms with Crippen molar-refractivity contribution < 1.29 is 22.9 Å². The lowest BCUT2D eigenvalue weighted by molar-refractivity contribution is -0.148. The van der Waals surface area contributed by atoms with Crippen molar-refractivity contribution in [2.45, 2.75) is 23.9 Å². The lowest BCUT2D eigenvalue weighted by Gasteiger charge is -2.39. The smallest absolute Gasteiger partial charge is 0.330 e. The third-order valence-corrected chi connectivity index (χ3v) is 5.80. The van der Waals surface area contributed by atoms with Gasteiger partial charge in [0.25, 0.3) is 0 Å². The lowest BCUT2D eigenvalue weighted by atomic mass is 9.97. The molecule has 0 aromatic heterocycles. The number of benzene rings is 2. The zero-order chi connectivity index (χ0) is 19.6. The zero-order valence-corrected chi connectivity index (χ0v) is 15.7. The first kappa shape index (κ1) is 19.2. The van der Waals surface area contributed by atoms with Crippen LogP contribution in [0.5, 0.6) is 0 Å². The Hall–Kier alpha value is -2.58. The number of aryl methyl sites for hydroxylation is 1. The molecule has 8 heteroatoms. The van der Waals surface area contributed by atoms with Gasteiger partial charge < -0.3 is 10.1 Å². The van der Waals surface area contributed by atoms with Crippen LogP contribution in [0.15, 0.2) is 53.4 Å². The number of methoxy groups -OCH3 is 1. The van der Waals surface area contributed by atoms with Crippen LogP contribution >= 0.6 is 0 Å². The number of ether oxygens (including phenoxy) is 1. The topological polar surface area (TPSA) is 75.7 Å². The maximum atomic E-state index is 13.4. The summed E-state index contributed by atoms with van der Waals surface area (Å²) >= 11 is 0. The second-order valence-corrected chi connectivity index (χ2v) is 7.64. The highest BCUT2D eigenvalue weighted by molar-refractivity contribution is 7.82. The summed E-state index contributed by atoms with van der Waals surface area (Å²) in [6, 6.07) is 10.8. The number of hydrogen-bond donors (Lipinski definition) is 1. The van der Waals surface area contributed by atoms with E-state index in [0.29, 0.717) is 10.5 Å². The highest BCUT2D eigenvalue weighted by Gasteiger charge is 2.43. The molecule has 0 radical (unpaired) electrons. The molecule has 0 spiro atoms. The van der Waals surface area contributed by atoms with Crippen LogP contribution in [0, 0.1) is 12.7 Å². The fourth-order valence-corrected chi connectivity index (χ4v) is 4.31. The lowest BCUT2D eigenvalue weighted by Crippen LogP contribution is -2.59. The summed E-state index contributed by atoms with van der Waals surface area (Å²) in [6.45, 7) is 1.74. The molecule has 0 bridgehead atoms. The van der Waals surface area contributed by atoms with Crippen molar-refractivity contribution in [2.24, 2.45) is 0 Å². The number of nitrogens with zero attached hydrogens (tertiary/aromatic N) is 1. The summed E-state index contributed by atoms with van der Waals surface area (Å²) in [5.74, 6) is -1.54. The number of nitrogens with one attached hydrogen (secondary N) is 1. The van der Waals surface area contributed by atoms with Gasteiger partial charge in [-0.1, -0.05) is 29.8 Å². The van der Waals surface area contributed by atoms with Gasteiger partial charge in [-0.2, -0.15) is 0 Å². The molecule has 0 aliphatic carbocycles. The Morgan fingerprint density at radius 1 is 1.19 bits per heavy atom. The van der Waals surface area contributed by atoms with Gasteiger partial charge in [0.05, 0.1) is 24.6 Å².